The highest BCUT2D eigenvalue weighted by Gasteiger charge is 2.22. The van der Waals surface area contributed by atoms with Gasteiger partial charge in [0.1, 0.15) is 16.5 Å². The Morgan fingerprint density at radius 2 is 2.19 bits per heavy atom. The SMILES string of the molecule is C/N=c1\cnc2ccc(Cl)nc2n1C(=N)C1CCOCC1. The normalized spacial score (nSPS) is 17.3. The lowest BCUT2D eigenvalue weighted by molar-refractivity contribution is 0.0819. The van der Waals surface area contributed by atoms with Gasteiger partial charge in [-0.3, -0.25) is 15.0 Å². The van der Waals surface area contributed by atoms with Gasteiger partial charge >= 0.3 is 0 Å². The van der Waals surface area contributed by atoms with E-state index in [1.807, 2.05) is 0 Å². The summed E-state index contributed by atoms with van der Waals surface area (Å²) in [6, 6.07) is 3.50. The molecule has 0 bridgehead atoms. The van der Waals surface area contributed by atoms with Gasteiger partial charge in [-0.05, 0) is 25.0 Å². The molecule has 0 aromatic carbocycles. The molecule has 1 aliphatic heterocycles. The summed E-state index contributed by atoms with van der Waals surface area (Å²) < 4.78 is 7.11. The molecule has 0 spiro atoms. The van der Waals surface area contributed by atoms with E-state index in [9.17, 15) is 0 Å². The lowest BCUT2D eigenvalue weighted by Crippen LogP contribution is -2.35. The van der Waals surface area contributed by atoms with E-state index in [0.29, 0.717) is 40.9 Å². The molecule has 6 nitrogen and oxygen atoms in total. The third-order valence-corrected chi connectivity index (χ3v) is 3.87. The maximum Gasteiger partial charge on any atom is 0.167 e. The number of pyridine rings is 1. The Kier molecular flexibility index (Phi) is 3.98. The fourth-order valence-electron chi connectivity index (χ4n) is 2.53. The van der Waals surface area contributed by atoms with Crippen LogP contribution in [0.25, 0.3) is 11.2 Å². The molecule has 0 unspecified atom stereocenters. The van der Waals surface area contributed by atoms with Crippen LogP contribution in [0.5, 0.6) is 0 Å². The van der Waals surface area contributed by atoms with Crippen LogP contribution in [-0.4, -0.2) is 40.6 Å². The van der Waals surface area contributed by atoms with Crippen LogP contribution < -0.4 is 5.49 Å². The molecule has 2 aromatic heterocycles. The number of fused-ring (bicyclic) bond motifs is 1. The third-order valence-electron chi connectivity index (χ3n) is 3.66. The van der Waals surface area contributed by atoms with Crippen LogP contribution in [0.4, 0.5) is 0 Å². The van der Waals surface area contributed by atoms with E-state index in [1.54, 1.807) is 29.9 Å². The Bertz CT molecular complexity index is 749. The van der Waals surface area contributed by atoms with E-state index in [2.05, 4.69) is 15.0 Å². The van der Waals surface area contributed by atoms with Crippen LogP contribution in [0.15, 0.2) is 23.3 Å². The number of nitrogens with zero attached hydrogens (tertiary/aromatic N) is 4. The van der Waals surface area contributed by atoms with Crippen LogP contribution in [-0.2, 0) is 4.74 Å². The number of aromatic nitrogens is 3. The van der Waals surface area contributed by atoms with Gasteiger partial charge < -0.3 is 4.74 Å². The molecule has 110 valence electrons. The molecule has 0 aliphatic carbocycles. The van der Waals surface area contributed by atoms with Crippen LogP contribution >= 0.6 is 11.6 Å². The van der Waals surface area contributed by atoms with Gasteiger partial charge in [0.15, 0.2) is 11.1 Å². The molecule has 1 aliphatic rings. The fourth-order valence-corrected chi connectivity index (χ4v) is 2.67. The van der Waals surface area contributed by atoms with E-state index in [-0.39, 0.29) is 5.92 Å². The van der Waals surface area contributed by atoms with E-state index in [0.717, 1.165) is 12.8 Å². The first-order valence-electron chi connectivity index (χ1n) is 6.84. The summed E-state index contributed by atoms with van der Waals surface area (Å²) in [4.78, 5) is 12.9. The van der Waals surface area contributed by atoms with Crippen molar-refractivity contribution in [2.75, 3.05) is 20.3 Å². The van der Waals surface area contributed by atoms with E-state index < -0.39 is 0 Å². The van der Waals surface area contributed by atoms with Crippen molar-refractivity contribution in [3.63, 3.8) is 0 Å². The van der Waals surface area contributed by atoms with Gasteiger partial charge in [-0.2, -0.15) is 0 Å². The van der Waals surface area contributed by atoms with Crippen LogP contribution in [0, 0.1) is 11.3 Å². The number of nitrogens with one attached hydrogen (secondary N) is 1. The van der Waals surface area contributed by atoms with E-state index in [4.69, 9.17) is 21.7 Å². The van der Waals surface area contributed by atoms with Gasteiger partial charge in [0.05, 0.1) is 6.20 Å². The summed E-state index contributed by atoms with van der Waals surface area (Å²) in [6.07, 6.45) is 3.32. The van der Waals surface area contributed by atoms with Gasteiger partial charge in [-0.25, -0.2) is 9.97 Å². The molecular formula is C14H16ClN5O. The average Bonchev–Trinajstić information content (AvgIpc) is 2.53. The third kappa shape index (κ3) is 2.69. The molecular weight excluding hydrogens is 290 g/mol. The number of ether oxygens (including phenoxy) is 1. The van der Waals surface area contributed by atoms with Gasteiger partial charge in [0, 0.05) is 26.2 Å². The zero-order chi connectivity index (χ0) is 14.8. The van der Waals surface area contributed by atoms with Crippen molar-refractivity contribution in [3.05, 3.63) is 29.0 Å². The van der Waals surface area contributed by atoms with Crippen molar-refractivity contribution in [3.8, 4) is 0 Å². The maximum atomic E-state index is 8.56. The molecule has 1 N–H and O–H groups in total. The number of halogens is 1. The predicted octanol–water partition coefficient (Wildman–Crippen LogP) is 1.87. The second-order valence-electron chi connectivity index (χ2n) is 4.92. The van der Waals surface area contributed by atoms with Crippen molar-refractivity contribution in [1.29, 1.82) is 5.41 Å². The standard InChI is InChI=1S/C14H16ClN5O/c1-17-12-8-18-10-2-3-11(15)19-14(10)20(12)13(16)9-4-6-21-7-5-9/h2-3,8-9,16H,4-7H2,1H3/b16-13?,17-12+. The first-order chi connectivity index (χ1) is 10.2. The van der Waals surface area contributed by atoms with Crippen LogP contribution in [0.1, 0.15) is 12.8 Å². The molecule has 1 saturated heterocycles. The summed E-state index contributed by atoms with van der Waals surface area (Å²) >= 11 is 6.00. The first-order valence-corrected chi connectivity index (χ1v) is 7.22. The van der Waals surface area contributed by atoms with Crippen molar-refractivity contribution >= 4 is 28.6 Å². The molecule has 21 heavy (non-hydrogen) atoms. The lowest BCUT2D eigenvalue weighted by atomic mass is 9.99. The quantitative estimate of drug-likeness (QED) is 0.496. The molecule has 0 atom stereocenters. The molecule has 0 radical (unpaired) electrons. The van der Waals surface area contributed by atoms with E-state index in [1.165, 1.54) is 0 Å². The zero-order valence-electron chi connectivity index (χ0n) is 11.7. The van der Waals surface area contributed by atoms with Crippen molar-refractivity contribution in [1.82, 2.24) is 14.5 Å². The molecule has 3 rings (SSSR count). The second-order valence-corrected chi connectivity index (χ2v) is 5.31. The van der Waals surface area contributed by atoms with Crippen LogP contribution in [0.2, 0.25) is 5.15 Å². The minimum absolute atomic E-state index is 0.135. The molecule has 7 heteroatoms. The fraction of sp³-hybridized carbons (Fsp3) is 0.429. The Morgan fingerprint density at radius 1 is 1.43 bits per heavy atom. The summed E-state index contributed by atoms with van der Waals surface area (Å²) in [7, 11) is 1.68. The predicted molar refractivity (Wildman–Crippen MR) is 80.7 cm³/mol. The number of hydrogen-bond donors (Lipinski definition) is 1. The second kappa shape index (κ2) is 5.91. The maximum absolute atomic E-state index is 8.56. The van der Waals surface area contributed by atoms with Gasteiger partial charge in [-0.15, -0.1) is 0 Å². The van der Waals surface area contributed by atoms with Crippen LogP contribution in [0.3, 0.4) is 0 Å². The van der Waals surface area contributed by atoms with Crippen molar-refractivity contribution < 1.29 is 4.74 Å². The monoisotopic (exact) mass is 305 g/mol. The highest BCUT2D eigenvalue weighted by molar-refractivity contribution is 6.29. The summed E-state index contributed by atoms with van der Waals surface area (Å²) in [5, 5.41) is 8.94. The Balaban J connectivity index is 2.19. The summed E-state index contributed by atoms with van der Waals surface area (Å²) in [5.74, 6) is 0.608. The molecule has 0 amide bonds. The van der Waals surface area contributed by atoms with Gasteiger partial charge in [-0.1, -0.05) is 11.6 Å². The van der Waals surface area contributed by atoms with Crippen molar-refractivity contribution in [2.24, 2.45) is 10.9 Å². The highest BCUT2D eigenvalue weighted by Crippen LogP contribution is 2.19. The highest BCUT2D eigenvalue weighted by atomic mass is 35.5. The van der Waals surface area contributed by atoms with Gasteiger partial charge in [0.25, 0.3) is 0 Å². The van der Waals surface area contributed by atoms with Crippen molar-refractivity contribution in [2.45, 2.75) is 12.8 Å². The smallest absolute Gasteiger partial charge is 0.167 e. The zero-order valence-corrected chi connectivity index (χ0v) is 12.5. The topological polar surface area (TPSA) is 76.2 Å². The summed E-state index contributed by atoms with van der Waals surface area (Å²) in [6.45, 7) is 1.37. The first kappa shape index (κ1) is 14.2. The minimum Gasteiger partial charge on any atom is -0.381 e. The Morgan fingerprint density at radius 3 is 2.90 bits per heavy atom. The average molecular weight is 306 g/mol. The number of hydrogen-bond acceptors (Lipinski definition) is 5. The molecule has 3 heterocycles. The van der Waals surface area contributed by atoms with E-state index >= 15 is 0 Å². The summed E-state index contributed by atoms with van der Waals surface area (Å²) in [5.41, 5.74) is 1.87. The molecule has 0 saturated carbocycles. The number of rotatable bonds is 1. The lowest BCUT2D eigenvalue weighted by Gasteiger charge is -2.24. The molecule has 1 fully saturated rings. The Hall–Kier alpha value is -1.79. The Labute approximate surface area is 127 Å². The molecule has 2 aromatic rings. The van der Waals surface area contributed by atoms with Gasteiger partial charge in [0.2, 0.25) is 0 Å². The minimum atomic E-state index is 0.135. The largest absolute Gasteiger partial charge is 0.381 e.